The Bertz CT molecular complexity index is 1840. The number of anilines is 1. The number of imidazole rings is 1. The van der Waals surface area contributed by atoms with Gasteiger partial charge in [0.05, 0.1) is 18.4 Å². The lowest BCUT2D eigenvalue weighted by atomic mass is 10.2. The molecular weight excluding hydrogens is 562 g/mol. The molecule has 218 valence electrons. The molecule has 11 nitrogen and oxygen atoms in total. The van der Waals surface area contributed by atoms with Crippen molar-refractivity contribution >= 4 is 22.8 Å². The zero-order valence-corrected chi connectivity index (χ0v) is 22.4. The summed E-state index contributed by atoms with van der Waals surface area (Å²) >= 11 is 0. The van der Waals surface area contributed by atoms with Crippen LogP contribution in [0, 0.1) is 5.82 Å². The van der Waals surface area contributed by atoms with E-state index in [2.05, 4.69) is 25.4 Å². The number of aromatic amines is 1. The van der Waals surface area contributed by atoms with Crippen LogP contribution in [0.4, 0.5) is 23.2 Å². The molecule has 0 unspecified atom stereocenters. The van der Waals surface area contributed by atoms with Gasteiger partial charge in [-0.15, -0.1) is 0 Å². The van der Waals surface area contributed by atoms with Gasteiger partial charge in [0, 0.05) is 36.3 Å². The van der Waals surface area contributed by atoms with Crippen LogP contribution in [0.2, 0.25) is 0 Å². The van der Waals surface area contributed by atoms with E-state index in [1.807, 2.05) is 0 Å². The molecule has 42 heavy (non-hydrogen) atoms. The molecule has 15 heteroatoms. The molecule has 1 amide bonds. The number of benzene rings is 1. The van der Waals surface area contributed by atoms with E-state index in [1.165, 1.54) is 47.3 Å². The highest BCUT2D eigenvalue weighted by Gasteiger charge is 2.41. The lowest BCUT2D eigenvalue weighted by Crippen LogP contribution is -2.21. The molecule has 5 rings (SSSR count). The molecular formula is C27H23F4N7O4. The van der Waals surface area contributed by atoms with Crippen molar-refractivity contribution in [2.24, 2.45) is 0 Å². The molecule has 0 radical (unpaired) electrons. The maximum absolute atomic E-state index is 15.1. The molecule has 2 N–H and O–H groups in total. The first-order valence-electron chi connectivity index (χ1n) is 12.6. The molecule has 0 fully saturated rings. The van der Waals surface area contributed by atoms with Crippen molar-refractivity contribution in [3.8, 4) is 23.1 Å². The number of nitrogens with one attached hydrogen (secondary N) is 2. The summed E-state index contributed by atoms with van der Waals surface area (Å²) in [6, 6.07) is 7.45. The largest absolute Gasteiger partial charge is 0.490 e. The van der Waals surface area contributed by atoms with Crippen molar-refractivity contribution in [1.29, 1.82) is 0 Å². The summed E-state index contributed by atoms with van der Waals surface area (Å²) in [7, 11) is 0. The molecule has 0 atom stereocenters. The number of carbonyl (C=O) groups excluding carboxylic acids is 1. The molecule has 4 heterocycles. The first kappa shape index (κ1) is 28.3. The Hall–Kier alpha value is -5.21. The lowest BCUT2D eigenvalue weighted by molar-refractivity contribution is -0.143. The molecule has 5 aromatic rings. The number of pyridine rings is 2. The Balaban J connectivity index is 1.44. The second-order valence-electron chi connectivity index (χ2n) is 9.18. The Morgan fingerprint density at radius 3 is 2.57 bits per heavy atom. The SMILES string of the molecule is CCOc1cccnc1-n1ncc(C(=O)Nc2ccc(Oc3ccnc4[nH]c(=O)n(C(C)C)c34)c(F)c2)c1C(F)(F)F. The van der Waals surface area contributed by atoms with Crippen LogP contribution in [-0.4, -0.2) is 41.8 Å². The molecule has 0 saturated carbocycles. The monoisotopic (exact) mass is 585 g/mol. The smallest absolute Gasteiger partial charge is 0.434 e. The quantitative estimate of drug-likeness (QED) is 0.231. The molecule has 0 bridgehead atoms. The van der Waals surface area contributed by atoms with Crippen LogP contribution in [0.5, 0.6) is 17.2 Å². The number of carbonyl (C=O) groups is 1. The number of aromatic nitrogens is 6. The van der Waals surface area contributed by atoms with Crippen LogP contribution in [0.1, 0.15) is 42.9 Å². The van der Waals surface area contributed by atoms with E-state index in [4.69, 9.17) is 9.47 Å². The predicted molar refractivity (Wildman–Crippen MR) is 143 cm³/mol. The number of amides is 1. The van der Waals surface area contributed by atoms with Crippen molar-refractivity contribution < 1.29 is 31.8 Å². The van der Waals surface area contributed by atoms with E-state index in [1.54, 1.807) is 20.8 Å². The van der Waals surface area contributed by atoms with E-state index in [0.717, 1.165) is 12.3 Å². The van der Waals surface area contributed by atoms with Gasteiger partial charge in [-0.25, -0.2) is 23.8 Å². The minimum atomic E-state index is -5.00. The molecule has 1 aromatic carbocycles. The fourth-order valence-corrected chi connectivity index (χ4v) is 4.33. The highest BCUT2D eigenvalue weighted by atomic mass is 19.4. The number of H-pyrrole nitrogens is 1. The average Bonchev–Trinajstić information content (AvgIpc) is 3.52. The minimum Gasteiger partial charge on any atom is -0.490 e. The number of fused-ring (bicyclic) bond motifs is 1. The van der Waals surface area contributed by atoms with Gasteiger partial charge in [0.15, 0.2) is 40.2 Å². The number of alkyl halides is 3. The second-order valence-corrected chi connectivity index (χ2v) is 9.18. The van der Waals surface area contributed by atoms with E-state index in [-0.39, 0.29) is 47.0 Å². The molecule has 4 aromatic heterocycles. The lowest BCUT2D eigenvalue weighted by Gasteiger charge is -2.15. The Labute approximate surface area is 234 Å². The van der Waals surface area contributed by atoms with Crippen LogP contribution in [0.25, 0.3) is 17.0 Å². The van der Waals surface area contributed by atoms with Gasteiger partial charge < -0.3 is 14.8 Å². The third kappa shape index (κ3) is 5.27. The maximum Gasteiger partial charge on any atom is 0.434 e. The predicted octanol–water partition coefficient (Wildman–Crippen LogP) is 5.49. The molecule has 0 aliphatic carbocycles. The highest BCUT2D eigenvalue weighted by Crippen LogP contribution is 2.36. The fraction of sp³-hybridized carbons (Fsp3) is 0.222. The van der Waals surface area contributed by atoms with Crippen LogP contribution < -0.4 is 20.5 Å². The Morgan fingerprint density at radius 2 is 1.88 bits per heavy atom. The summed E-state index contributed by atoms with van der Waals surface area (Å²) < 4.78 is 70.5. The van der Waals surface area contributed by atoms with Crippen LogP contribution in [0.3, 0.4) is 0 Å². The van der Waals surface area contributed by atoms with Crippen LogP contribution >= 0.6 is 0 Å². The van der Waals surface area contributed by atoms with Crippen molar-refractivity contribution in [1.82, 2.24) is 29.3 Å². The van der Waals surface area contributed by atoms with Crippen molar-refractivity contribution in [3.05, 3.63) is 82.5 Å². The van der Waals surface area contributed by atoms with Gasteiger partial charge in [0.1, 0.15) is 5.52 Å². The molecule has 0 spiro atoms. The fourth-order valence-electron chi connectivity index (χ4n) is 4.33. The third-order valence-electron chi connectivity index (χ3n) is 6.03. The molecule has 0 aliphatic rings. The first-order valence-corrected chi connectivity index (χ1v) is 12.6. The van der Waals surface area contributed by atoms with Gasteiger partial charge in [-0.1, -0.05) is 0 Å². The number of halogens is 4. The topological polar surface area (TPSA) is 129 Å². The number of hydrogen-bond donors (Lipinski definition) is 2. The minimum absolute atomic E-state index is 0.0368. The van der Waals surface area contributed by atoms with Crippen molar-refractivity contribution in [3.63, 3.8) is 0 Å². The Morgan fingerprint density at radius 1 is 1.10 bits per heavy atom. The summed E-state index contributed by atoms with van der Waals surface area (Å²) in [5.74, 6) is -2.44. The number of ether oxygens (including phenoxy) is 2. The van der Waals surface area contributed by atoms with E-state index < -0.39 is 34.8 Å². The standard InChI is InChI=1S/C27H23F4N7O4/c1-4-41-20-6-5-10-33-24(20)38-22(27(29,30)31)16(13-34-38)25(39)35-15-7-8-18(17(28)12-15)42-19-9-11-32-23-21(19)37(14(2)3)26(40)36-23/h5-14H,4H2,1-3H3,(H,35,39)(H,32,36,40). The Kier molecular flexibility index (Phi) is 7.41. The van der Waals surface area contributed by atoms with Gasteiger partial charge in [0.2, 0.25) is 0 Å². The number of nitrogens with zero attached hydrogens (tertiary/aromatic N) is 5. The van der Waals surface area contributed by atoms with Crippen molar-refractivity contribution in [2.75, 3.05) is 11.9 Å². The number of rotatable bonds is 8. The zero-order chi connectivity index (χ0) is 30.2. The maximum atomic E-state index is 15.1. The highest BCUT2D eigenvalue weighted by molar-refractivity contribution is 6.05. The second kappa shape index (κ2) is 11.0. The summed E-state index contributed by atoms with van der Waals surface area (Å²) in [6.07, 6.45) is -1.61. The normalized spacial score (nSPS) is 11.7. The van der Waals surface area contributed by atoms with Crippen LogP contribution in [-0.2, 0) is 6.18 Å². The zero-order valence-electron chi connectivity index (χ0n) is 22.4. The average molecular weight is 586 g/mol. The van der Waals surface area contributed by atoms with Gasteiger partial charge in [-0.2, -0.15) is 18.3 Å². The van der Waals surface area contributed by atoms with Crippen LogP contribution in [0.15, 0.2) is 59.8 Å². The third-order valence-corrected chi connectivity index (χ3v) is 6.03. The van der Waals surface area contributed by atoms with Crippen molar-refractivity contribution in [2.45, 2.75) is 33.0 Å². The summed E-state index contributed by atoms with van der Waals surface area (Å²) in [6.45, 7) is 5.38. The first-order chi connectivity index (χ1) is 20.0. The van der Waals surface area contributed by atoms with E-state index in [0.29, 0.717) is 10.2 Å². The van der Waals surface area contributed by atoms with Gasteiger partial charge in [-0.05, 0) is 45.0 Å². The molecule has 0 aliphatic heterocycles. The van der Waals surface area contributed by atoms with Gasteiger partial charge in [-0.3, -0.25) is 14.3 Å². The summed E-state index contributed by atoms with van der Waals surface area (Å²) in [4.78, 5) is 36.0. The van der Waals surface area contributed by atoms with E-state index in [9.17, 15) is 22.8 Å². The molecule has 0 saturated heterocycles. The summed E-state index contributed by atoms with van der Waals surface area (Å²) in [5, 5.41) is 6.01. The summed E-state index contributed by atoms with van der Waals surface area (Å²) in [5.41, 5.74) is -2.18. The van der Waals surface area contributed by atoms with E-state index >= 15 is 4.39 Å². The van der Waals surface area contributed by atoms with Gasteiger partial charge in [0.25, 0.3) is 5.91 Å². The van der Waals surface area contributed by atoms with Gasteiger partial charge >= 0.3 is 11.9 Å². The number of hydrogen-bond acceptors (Lipinski definition) is 7.